The lowest BCUT2D eigenvalue weighted by molar-refractivity contribution is -0.133. The largest absolute Gasteiger partial charge is 0.342 e. The van der Waals surface area contributed by atoms with E-state index in [9.17, 15) is 9.59 Å². The van der Waals surface area contributed by atoms with E-state index in [1.54, 1.807) is 23.1 Å². The van der Waals surface area contributed by atoms with Gasteiger partial charge in [-0.3, -0.25) is 14.5 Å². The highest BCUT2D eigenvalue weighted by Gasteiger charge is 2.26. The quantitative estimate of drug-likeness (QED) is 0.641. The van der Waals surface area contributed by atoms with Gasteiger partial charge in [0, 0.05) is 55.3 Å². The summed E-state index contributed by atoms with van der Waals surface area (Å²) in [5.74, 6) is 1.08. The maximum Gasteiger partial charge on any atom is 0.255 e. The lowest BCUT2D eigenvalue weighted by Crippen LogP contribution is -2.52. The molecule has 8 heteroatoms. The van der Waals surface area contributed by atoms with Crippen molar-refractivity contribution in [2.75, 3.05) is 45.8 Å². The van der Waals surface area contributed by atoms with Crippen LogP contribution in [0.3, 0.4) is 0 Å². The molecule has 0 bridgehead atoms. The lowest BCUT2D eigenvalue weighted by Gasteiger charge is -2.36. The number of hydrogen-bond donors (Lipinski definition) is 0. The molecule has 0 atom stereocenters. The predicted molar refractivity (Wildman–Crippen MR) is 121 cm³/mol. The van der Waals surface area contributed by atoms with Crippen molar-refractivity contribution in [3.05, 3.63) is 46.4 Å². The Kier molecular flexibility index (Phi) is 7.41. The van der Waals surface area contributed by atoms with Crippen LogP contribution < -0.4 is 0 Å². The maximum absolute atomic E-state index is 13.2. The average molecular weight is 445 g/mol. The summed E-state index contributed by atoms with van der Waals surface area (Å²) in [6, 6.07) is 7.83. The molecule has 2 aliphatic heterocycles. The summed E-state index contributed by atoms with van der Waals surface area (Å²) in [5, 5.41) is 2.04. The molecule has 2 fully saturated rings. The average Bonchev–Trinajstić information content (AvgIpc) is 3.32. The second-order valence-electron chi connectivity index (χ2n) is 7.77. The maximum atomic E-state index is 13.2. The first kappa shape index (κ1) is 21.3. The molecule has 2 aliphatic rings. The molecule has 160 valence electrons. The van der Waals surface area contributed by atoms with Gasteiger partial charge in [-0.2, -0.15) is 0 Å². The number of carbonyl (C=O) groups excluding carboxylic acids is 2. The molecule has 6 nitrogen and oxygen atoms in total. The fraction of sp³-hybridized carbons (Fsp3) is 0.500. The van der Waals surface area contributed by atoms with Crippen LogP contribution in [-0.4, -0.2) is 77.3 Å². The fourth-order valence-electron chi connectivity index (χ4n) is 3.94. The van der Waals surface area contributed by atoms with E-state index in [1.807, 2.05) is 45.0 Å². The SMILES string of the molecule is O=C(CN1CCN(C(=O)c2ccccc2SCc2cscn2)CC1)N1CCCCC1. The molecule has 2 saturated heterocycles. The third kappa shape index (κ3) is 5.42. The summed E-state index contributed by atoms with van der Waals surface area (Å²) in [4.78, 5) is 37.1. The van der Waals surface area contributed by atoms with Crippen LogP contribution in [0.15, 0.2) is 40.1 Å². The van der Waals surface area contributed by atoms with Crippen molar-refractivity contribution in [2.24, 2.45) is 0 Å². The molecule has 30 heavy (non-hydrogen) atoms. The van der Waals surface area contributed by atoms with E-state index in [4.69, 9.17) is 0 Å². The first-order valence-electron chi connectivity index (χ1n) is 10.6. The predicted octanol–water partition coefficient (Wildman–Crippen LogP) is 3.21. The van der Waals surface area contributed by atoms with E-state index in [1.165, 1.54) is 6.42 Å². The van der Waals surface area contributed by atoms with Gasteiger partial charge in [0.2, 0.25) is 5.91 Å². The fourth-order valence-corrected chi connectivity index (χ4v) is 5.55. The molecule has 0 spiro atoms. The molecule has 0 saturated carbocycles. The summed E-state index contributed by atoms with van der Waals surface area (Å²) in [6.45, 7) is 5.09. The number of thiazole rings is 1. The monoisotopic (exact) mass is 444 g/mol. The zero-order valence-corrected chi connectivity index (χ0v) is 18.8. The van der Waals surface area contributed by atoms with Gasteiger partial charge >= 0.3 is 0 Å². The second-order valence-corrected chi connectivity index (χ2v) is 9.51. The van der Waals surface area contributed by atoms with Crippen molar-refractivity contribution < 1.29 is 9.59 Å². The van der Waals surface area contributed by atoms with Gasteiger partial charge in [-0.05, 0) is 31.4 Å². The number of carbonyl (C=O) groups is 2. The van der Waals surface area contributed by atoms with Crippen LogP contribution >= 0.6 is 23.1 Å². The van der Waals surface area contributed by atoms with Crippen molar-refractivity contribution in [1.82, 2.24) is 19.7 Å². The summed E-state index contributed by atoms with van der Waals surface area (Å²) in [6.07, 6.45) is 3.47. The molecule has 1 aromatic heterocycles. The van der Waals surface area contributed by atoms with E-state index < -0.39 is 0 Å². The number of likely N-dealkylation sites (tertiary alicyclic amines) is 1. The number of piperazine rings is 1. The van der Waals surface area contributed by atoms with Gasteiger partial charge in [-0.15, -0.1) is 23.1 Å². The van der Waals surface area contributed by atoms with Gasteiger partial charge in [0.25, 0.3) is 5.91 Å². The highest BCUT2D eigenvalue weighted by atomic mass is 32.2. The molecular weight excluding hydrogens is 416 g/mol. The number of piperidine rings is 1. The molecule has 0 radical (unpaired) electrons. The molecular formula is C22H28N4O2S2. The van der Waals surface area contributed by atoms with E-state index in [-0.39, 0.29) is 11.8 Å². The minimum atomic E-state index is 0.0818. The van der Waals surface area contributed by atoms with Crippen molar-refractivity contribution in [3.8, 4) is 0 Å². The Bertz CT molecular complexity index is 845. The number of thioether (sulfide) groups is 1. The number of rotatable bonds is 6. The van der Waals surface area contributed by atoms with Gasteiger partial charge in [0.1, 0.15) is 0 Å². The van der Waals surface area contributed by atoms with Crippen LogP contribution in [0.2, 0.25) is 0 Å². The third-order valence-electron chi connectivity index (χ3n) is 5.70. The normalized spacial score (nSPS) is 17.9. The minimum Gasteiger partial charge on any atom is -0.342 e. The summed E-state index contributed by atoms with van der Waals surface area (Å²) >= 11 is 3.25. The Morgan fingerprint density at radius 3 is 2.47 bits per heavy atom. The summed E-state index contributed by atoms with van der Waals surface area (Å²) in [7, 11) is 0. The van der Waals surface area contributed by atoms with E-state index in [0.717, 1.165) is 60.9 Å². The molecule has 2 aromatic rings. The van der Waals surface area contributed by atoms with Crippen LogP contribution in [0.25, 0.3) is 0 Å². The van der Waals surface area contributed by atoms with Crippen LogP contribution in [0.5, 0.6) is 0 Å². The van der Waals surface area contributed by atoms with Gasteiger partial charge in [0.05, 0.1) is 23.3 Å². The molecule has 3 heterocycles. The highest BCUT2D eigenvalue weighted by Crippen LogP contribution is 2.27. The van der Waals surface area contributed by atoms with Crippen LogP contribution in [0, 0.1) is 0 Å². The van der Waals surface area contributed by atoms with Gasteiger partial charge in [-0.1, -0.05) is 12.1 Å². The van der Waals surface area contributed by atoms with E-state index in [2.05, 4.69) is 9.88 Å². The number of nitrogens with zero attached hydrogens (tertiary/aromatic N) is 4. The molecule has 1 aromatic carbocycles. The van der Waals surface area contributed by atoms with Gasteiger partial charge in [-0.25, -0.2) is 4.98 Å². The van der Waals surface area contributed by atoms with Crippen LogP contribution in [-0.2, 0) is 10.5 Å². The topological polar surface area (TPSA) is 56.8 Å². The van der Waals surface area contributed by atoms with Gasteiger partial charge in [0.15, 0.2) is 0 Å². The Hall–Kier alpha value is -1.90. The summed E-state index contributed by atoms with van der Waals surface area (Å²) < 4.78 is 0. The van der Waals surface area contributed by atoms with Crippen molar-refractivity contribution in [1.29, 1.82) is 0 Å². The third-order valence-corrected chi connectivity index (χ3v) is 7.45. The standard InChI is InChI=1S/C22H28N4O2S2/c27-21(25-8-4-1-5-9-25)14-24-10-12-26(13-11-24)22(28)19-6-2-3-7-20(19)30-16-18-15-29-17-23-18/h2-3,6-7,15,17H,1,4-5,8-14,16H2. The van der Waals surface area contributed by atoms with Crippen LogP contribution in [0.1, 0.15) is 35.3 Å². The lowest BCUT2D eigenvalue weighted by atomic mass is 10.1. The molecule has 4 rings (SSSR count). The zero-order chi connectivity index (χ0) is 20.8. The van der Waals surface area contributed by atoms with Gasteiger partial charge < -0.3 is 9.80 Å². The minimum absolute atomic E-state index is 0.0818. The van der Waals surface area contributed by atoms with E-state index in [0.29, 0.717) is 19.6 Å². The number of amides is 2. The Balaban J connectivity index is 1.30. The number of benzene rings is 1. The first-order chi connectivity index (χ1) is 14.7. The number of aromatic nitrogens is 1. The van der Waals surface area contributed by atoms with E-state index >= 15 is 0 Å². The summed E-state index contributed by atoms with van der Waals surface area (Å²) in [5.41, 5.74) is 3.64. The van der Waals surface area contributed by atoms with Crippen LogP contribution in [0.4, 0.5) is 0 Å². The molecule has 0 N–H and O–H groups in total. The molecule has 0 unspecified atom stereocenters. The van der Waals surface area contributed by atoms with Crippen molar-refractivity contribution >= 4 is 34.9 Å². The Morgan fingerprint density at radius 2 is 1.73 bits per heavy atom. The molecule has 2 amide bonds. The Labute approximate surface area is 186 Å². The van der Waals surface area contributed by atoms with Crippen molar-refractivity contribution in [2.45, 2.75) is 29.9 Å². The Morgan fingerprint density at radius 1 is 0.967 bits per heavy atom. The second kappa shape index (κ2) is 10.4. The van der Waals surface area contributed by atoms with Crippen molar-refractivity contribution in [3.63, 3.8) is 0 Å². The number of hydrogen-bond acceptors (Lipinski definition) is 6. The molecule has 0 aliphatic carbocycles. The first-order valence-corrected chi connectivity index (χ1v) is 12.5. The smallest absolute Gasteiger partial charge is 0.255 e. The zero-order valence-electron chi connectivity index (χ0n) is 17.2. The highest BCUT2D eigenvalue weighted by molar-refractivity contribution is 7.98.